The number of carbonyl (C=O) groups is 1. The second-order valence-electron chi connectivity index (χ2n) is 4.22. The molecule has 0 aromatic heterocycles. The first-order valence-electron chi connectivity index (χ1n) is 6.19. The van der Waals surface area contributed by atoms with Gasteiger partial charge in [-0.25, -0.2) is 8.78 Å². The van der Waals surface area contributed by atoms with Gasteiger partial charge in [0.1, 0.15) is 23.0 Å². The molecule has 6 nitrogen and oxygen atoms in total. The van der Waals surface area contributed by atoms with Gasteiger partial charge >= 0.3 is 0 Å². The van der Waals surface area contributed by atoms with E-state index in [4.69, 9.17) is 15.7 Å². The van der Waals surface area contributed by atoms with Gasteiger partial charge < -0.3 is 20.6 Å². The summed E-state index contributed by atoms with van der Waals surface area (Å²) in [5.74, 6) is -2.77. The highest BCUT2D eigenvalue weighted by Gasteiger charge is 2.23. The summed E-state index contributed by atoms with van der Waals surface area (Å²) in [6, 6.07) is 3.19. The number of amidine groups is 1. The molecule has 116 valence electrons. The third kappa shape index (κ3) is 4.67. The van der Waals surface area contributed by atoms with Crippen molar-refractivity contribution in [3.05, 3.63) is 35.4 Å². The van der Waals surface area contributed by atoms with E-state index in [1.165, 1.54) is 18.1 Å². The smallest absolute Gasteiger partial charge is 0.259 e. The van der Waals surface area contributed by atoms with Crippen molar-refractivity contribution in [3.8, 4) is 0 Å². The van der Waals surface area contributed by atoms with Crippen molar-refractivity contribution in [1.82, 2.24) is 4.90 Å². The van der Waals surface area contributed by atoms with Crippen LogP contribution < -0.4 is 5.73 Å². The predicted molar refractivity (Wildman–Crippen MR) is 72.2 cm³/mol. The van der Waals surface area contributed by atoms with Gasteiger partial charge in [0.2, 0.25) is 0 Å². The second-order valence-corrected chi connectivity index (χ2v) is 4.22. The third-order valence-electron chi connectivity index (χ3n) is 2.80. The fourth-order valence-electron chi connectivity index (χ4n) is 1.68. The van der Waals surface area contributed by atoms with Gasteiger partial charge in [0.25, 0.3) is 5.91 Å². The molecule has 0 spiro atoms. The maximum atomic E-state index is 13.6. The molecule has 1 aromatic rings. The zero-order valence-electron chi connectivity index (χ0n) is 11.6. The van der Waals surface area contributed by atoms with E-state index in [0.29, 0.717) is 0 Å². The number of hydrogen-bond donors (Lipinski definition) is 2. The minimum absolute atomic E-state index is 0.0475. The summed E-state index contributed by atoms with van der Waals surface area (Å²) in [7, 11) is 1.44. The molecule has 3 N–H and O–H groups in total. The highest BCUT2D eigenvalue weighted by Crippen LogP contribution is 2.15. The molecule has 0 fully saturated rings. The fourth-order valence-corrected chi connectivity index (χ4v) is 1.68. The van der Waals surface area contributed by atoms with Crippen molar-refractivity contribution < 1.29 is 23.5 Å². The van der Waals surface area contributed by atoms with Crippen molar-refractivity contribution in [1.29, 1.82) is 0 Å². The van der Waals surface area contributed by atoms with Gasteiger partial charge in [-0.15, -0.1) is 0 Å². The molecule has 0 bridgehead atoms. The van der Waals surface area contributed by atoms with Crippen LogP contribution in [0.3, 0.4) is 0 Å². The summed E-state index contributed by atoms with van der Waals surface area (Å²) in [5, 5.41) is 11.3. The molecular formula is C13H17F2N3O3. The Morgan fingerprint density at radius 1 is 1.38 bits per heavy atom. The lowest BCUT2D eigenvalue weighted by Gasteiger charge is -2.22. The first-order chi connectivity index (χ1) is 10.0. The molecule has 0 aliphatic rings. The number of carbonyl (C=O) groups excluding carboxylic acids is 1. The van der Waals surface area contributed by atoms with Gasteiger partial charge in [0, 0.05) is 26.6 Å². The van der Waals surface area contributed by atoms with E-state index in [0.717, 1.165) is 12.1 Å². The van der Waals surface area contributed by atoms with Crippen molar-refractivity contribution in [2.45, 2.75) is 6.42 Å². The molecule has 0 saturated heterocycles. The molecule has 1 aromatic carbocycles. The van der Waals surface area contributed by atoms with Crippen LogP contribution in [0.5, 0.6) is 0 Å². The van der Waals surface area contributed by atoms with Crippen LogP contribution in [0.4, 0.5) is 8.78 Å². The van der Waals surface area contributed by atoms with Crippen LogP contribution >= 0.6 is 0 Å². The minimum atomic E-state index is -0.939. The lowest BCUT2D eigenvalue weighted by molar-refractivity contribution is 0.0691. The summed E-state index contributed by atoms with van der Waals surface area (Å²) in [4.78, 5) is 13.4. The maximum absolute atomic E-state index is 13.6. The molecule has 1 rings (SSSR count). The van der Waals surface area contributed by atoms with Crippen molar-refractivity contribution in [2.24, 2.45) is 10.9 Å². The van der Waals surface area contributed by atoms with E-state index in [1.54, 1.807) is 0 Å². The average molecular weight is 301 g/mol. The van der Waals surface area contributed by atoms with Crippen molar-refractivity contribution >= 4 is 11.7 Å². The standard InChI is InChI=1S/C13H17F2N3O3/c1-21-8-7-18(6-5-11(16)17-20)13(19)12-9(14)3-2-4-10(12)15/h2-4,20H,5-8H2,1H3,(H2,16,17). The molecule has 0 aliphatic carbocycles. The number of ether oxygens (including phenoxy) is 1. The summed E-state index contributed by atoms with van der Waals surface area (Å²) in [6.07, 6.45) is 0.0715. The fraction of sp³-hybridized carbons (Fsp3) is 0.385. The van der Waals surface area contributed by atoms with Crippen molar-refractivity contribution in [3.63, 3.8) is 0 Å². The van der Waals surface area contributed by atoms with Crippen LogP contribution in [0.25, 0.3) is 0 Å². The van der Waals surface area contributed by atoms with Crippen LogP contribution in [0.1, 0.15) is 16.8 Å². The summed E-state index contributed by atoms with van der Waals surface area (Å²) < 4.78 is 32.1. The molecule has 0 heterocycles. The van der Waals surface area contributed by atoms with Gasteiger partial charge in [-0.2, -0.15) is 0 Å². The van der Waals surface area contributed by atoms with Crippen LogP contribution in [-0.2, 0) is 4.74 Å². The SMILES string of the molecule is COCCN(CCC(N)=NO)C(=O)c1c(F)cccc1F. The molecule has 1 amide bonds. The largest absolute Gasteiger partial charge is 0.409 e. The Morgan fingerprint density at radius 2 is 2.00 bits per heavy atom. The topological polar surface area (TPSA) is 88.2 Å². The zero-order valence-corrected chi connectivity index (χ0v) is 11.6. The Kier molecular flexibility index (Phi) is 6.54. The molecule has 0 radical (unpaired) electrons. The Labute approximate surface area is 120 Å². The molecule has 0 unspecified atom stereocenters. The summed E-state index contributed by atoms with van der Waals surface area (Å²) >= 11 is 0. The van der Waals surface area contributed by atoms with E-state index >= 15 is 0 Å². The quantitative estimate of drug-likeness (QED) is 0.343. The molecule has 8 heteroatoms. The molecule has 21 heavy (non-hydrogen) atoms. The number of rotatable bonds is 7. The first-order valence-corrected chi connectivity index (χ1v) is 6.19. The van der Waals surface area contributed by atoms with Crippen LogP contribution in [0, 0.1) is 11.6 Å². The number of halogens is 2. The van der Waals surface area contributed by atoms with E-state index < -0.39 is 23.1 Å². The Balaban J connectivity index is 2.93. The molecule has 0 aliphatic heterocycles. The van der Waals surface area contributed by atoms with Gasteiger partial charge in [0.15, 0.2) is 0 Å². The van der Waals surface area contributed by atoms with Crippen LogP contribution in [-0.4, -0.2) is 48.7 Å². The molecule has 0 atom stereocenters. The van der Waals surface area contributed by atoms with Crippen molar-refractivity contribution in [2.75, 3.05) is 26.8 Å². The third-order valence-corrected chi connectivity index (χ3v) is 2.80. The minimum Gasteiger partial charge on any atom is -0.409 e. The number of benzene rings is 1. The van der Waals surface area contributed by atoms with E-state index in [-0.39, 0.29) is 32.0 Å². The van der Waals surface area contributed by atoms with Gasteiger partial charge in [0.05, 0.1) is 6.61 Å². The Morgan fingerprint density at radius 3 is 2.52 bits per heavy atom. The van der Waals surface area contributed by atoms with E-state index in [9.17, 15) is 13.6 Å². The van der Waals surface area contributed by atoms with Gasteiger partial charge in [-0.1, -0.05) is 11.2 Å². The number of nitrogens with two attached hydrogens (primary N) is 1. The maximum Gasteiger partial charge on any atom is 0.259 e. The highest BCUT2D eigenvalue weighted by molar-refractivity contribution is 5.95. The predicted octanol–water partition coefficient (Wildman–Crippen LogP) is 1.19. The van der Waals surface area contributed by atoms with E-state index in [2.05, 4.69) is 5.16 Å². The average Bonchev–Trinajstić information content (AvgIpc) is 2.46. The molecule has 0 saturated carbocycles. The number of hydrogen-bond acceptors (Lipinski definition) is 4. The molecular weight excluding hydrogens is 284 g/mol. The van der Waals surface area contributed by atoms with E-state index in [1.807, 2.05) is 0 Å². The summed E-state index contributed by atoms with van der Waals surface area (Å²) in [5.41, 5.74) is 4.70. The lowest BCUT2D eigenvalue weighted by atomic mass is 10.1. The zero-order chi connectivity index (χ0) is 15.8. The number of methoxy groups -OCH3 is 1. The van der Waals surface area contributed by atoms with Crippen LogP contribution in [0.15, 0.2) is 23.4 Å². The monoisotopic (exact) mass is 301 g/mol. The second kappa shape index (κ2) is 8.15. The number of nitrogens with zero attached hydrogens (tertiary/aromatic N) is 2. The number of amides is 1. The lowest BCUT2D eigenvalue weighted by Crippen LogP contribution is -2.37. The van der Waals surface area contributed by atoms with Gasteiger partial charge in [-0.05, 0) is 12.1 Å². The number of oxime groups is 1. The van der Waals surface area contributed by atoms with Crippen LogP contribution in [0.2, 0.25) is 0 Å². The Bertz CT molecular complexity index is 503. The summed E-state index contributed by atoms with van der Waals surface area (Å²) in [6.45, 7) is 0.367. The van der Waals surface area contributed by atoms with Gasteiger partial charge in [-0.3, -0.25) is 4.79 Å². The highest BCUT2D eigenvalue weighted by atomic mass is 19.1. The first kappa shape index (κ1) is 16.8. The normalized spacial score (nSPS) is 11.5. The Hall–Kier alpha value is -2.22.